The SMILES string of the molecule is Cn1c(CCC(N)=O)nnc1SC[C@@H]1CCCCO1. The molecule has 1 saturated heterocycles. The van der Waals surface area contributed by atoms with E-state index in [1.165, 1.54) is 12.8 Å². The lowest BCUT2D eigenvalue weighted by Gasteiger charge is -2.21. The Labute approximate surface area is 117 Å². The molecule has 0 radical (unpaired) electrons. The molecule has 1 atom stereocenters. The molecule has 0 spiro atoms. The van der Waals surface area contributed by atoms with Crippen molar-refractivity contribution in [1.82, 2.24) is 14.8 Å². The highest BCUT2D eigenvalue weighted by atomic mass is 32.2. The maximum atomic E-state index is 10.8. The second-order valence-corrected chi connectivity index (χ2v) is 5.71. The average molecular weight is 284 g/mol. The number of carbonyl (C=O) groups excluding carboxylic acids is 1. The fourth-order valence-corrected chi connectivity index (χ4v) is 3.03. The predicted octanol–water partition coefficient (Wildman–Crippen LogP) is 0.894. The van der Waals surface area contributed by atoms with Crippen molar-refractivity contribution in [2.24, 2.45) is 12.8 Å². The van der Waals surface area contributed by atoms with Crippen LogP contribution in [0.3, 0.4) is 0 Å². The number of aromatic nitrogens is 3. The van der Waals surface area contributed by atoms with Gasteiger partial charge in [-0.3, -0.25) is 4.79 Å². The number of primary amides is 1. The Bertz CT molecular complexity index is 429. The number of carbonyl (C=O) groups is 1. The minimum atomic E-state index is -0.312. The quantitative estimate of drug-likeness (QED) is 0.785. The summed E-state index contributed by atoms with van der Waals surface area (Å²) in [4.78, 5) is 10.8. The molecule has 1 aromatic heterocycles. The van der Waals surface area contributed by atoms with Crippen LogP contribution in [0.1, 0.15) is 31.5 Å². The van der Waals surface area contributed by atoms with Crippen LogP contribution in [0.4, 0.5) is 0 Å². The molecule has 19 heavy (non-hydrogen) atoms. The maximum absolute atomic E-state index is 10.8. The maximum Gasteiger partial charge on any atom is 0.217 e. The Kier molecular flexibility index (Phi) is 5.21. The lowest BCUT2D eigenvalue weighted by molar-refractivity contribution is -0.118. The summed E-state index contributed by atoms with van der Waals surface area (Å²) in [7, 11) is 1.92. The second-order valence-electron chi connectivity index (χ2n) is 4.72. The van der Waals surface area contributed by atoms with Gasteiger partial charge in [0, 0.05) is 32.2 Å². The van der Waals surface area contributed by atoms with Gasteiger partial charge in [-0.15, -0.1) is 10.2 Å². The number of hydrogen-bond donors (Lipinski definition) is 1. The monoisotopic (exact) mass is 284 g/mol. The number of thioether (sulfide) groups is 1. The molecule has 0 aromatic carbocycles. The molecule has 1 aliphatic rings. The van der Waals surface area contributed by atoms with Crippen LogP contribution in [0.25, 0.3) is 0 Å². The third kappa shape index (κ3) is 4.21. The summed E-state index contributed by atoms with van der Waals surface area (Å²) in [5.41, 5.74) is 5.14. The summed E-state index contributed by atoms with van der Waals surface area (Å²) in [5, 5.41) is 9.11. The lowest BCUT2D eigenvalue weighted by atomic mass is 10.1. The van der Waals surface area contributed by atoms with Crippen molar-refractivity contribution in [3.63, 3.8) is 0 Å². The van der Waals surface area contributed by atoms with Crippen LogP contribution in [0.5, 0.6) is 0 Å². The van der Waals surface area contributed by atoms with Crippen molar-refractivity contribution in [2.45, 2.75) is 43.4 Å². The number of rotatable bonds is 6. The van der Waals surface area contributed by atoms with E-state index < -0.39 is 0 Å². The topological polar surface area (TPSA) is 83.0 Å². The van der Waals surface area contributed by atoms with E-state index >= 15 is 0 Å². The van der Waals surface area contributed by atoms with Crippen LogP contribution in [0, 0.1) is 0 Å². The van der Waals surface area contributed by atoms with Crippen LogP contribution in [-0.4, -0.2) is 39.1 Å². The molecule has 1 aliphatic heterocycles. The molecule has 6 nitrogen and oxygen atoms in total. The van der Waals surface area contributed by atoms with E-state index in [1.54, 1.807) is 11.8 Å². The van der Waals surface area contributed by atoms with Gasteiger partial charge in [0.2, 0.25) is 5.91 Å². The molecule has 0 unspecified atom stereocenters. The van der Waals surface area contributed by atoms with Crippen LogP contribution in [0.15, 0.2) is 5.16 Å². The number of nitrogens with zero attached hydrogens (tertiary/aromatic N) is 3. The molecule has 2 rings (SSSR count). The van der Waals surface area contributed by atoms with Gasteiger partial charge in [-0.05, 0) is 19.3 Å². The Balaban J connectivity index is 1.84. The first-order valence-electron chi connectivity index (χ1n) is 6.58. The number of nitrogens with two attached hydrogens (primary N) is 1. The van der Waals surface area contributed by atoms with Crippen molar-refractivity contribution in [2.75, 3.05) is 12.4 Å². The molecule has 0 aliphatic carbocycles. The molecule has 2 heterocycles. The van der Waals surface area contributed by atoms with E-state index in [2.05, 4.69) is 10.2 Å². The minimum absolute atomic E-state index is 0.308. The molecule has 0 saturated carbocycles. The van der Waals surface area contributed by atoms with E-state index in [-0.39, 0.29) is 5.91 Å². The second kappa shape index (κ2) is 6.91. The van der Waals surface area contributed by atoms with Gasteiger partial charge in [-0.25, -0.2) is 0 Å². The van der Waals surface area contributed by atoms with E-state index in [9.17, 15) is 4.79 Å². The highest BCUT2D eigenvalue weighted by Crippen LogP contribution is 2.22. The zero-order chi connectivity index (χ0) is 13.7. The van der Waals surface area contributed by atoms with E-state index in [4.69, 9.17) is 10.5 Å². The first-order chi connectivity index (χ1) is 9.16. The molecule has 1 fully saturated rings. The predicted molar refractivity (Wildman–Crippen MR) is 72.8 cm³/mol. The van der Waals surface area contributed by atoms with Gasteiger partial charge < -0.3 is 15.0 Å². The van der Waals surface area contributed by atoms with Crippen LogP contribution < -0.4 is 5.73 Å². The third-order valence-electron chi connectivity index (χ3n) is 3.19. The molecule has 7 heteroatoms. The van der Waals surface area contributed by atoms with E-state index in [0.29, 0.717) is 18.9 Å². The Morgan fingerprint density at radius 2 is 2.37 bits per heavy atom. The number of ether oxygens (including phenoxy) is 1. The van der Waals surface area contributed by atoms with Gasteiger partial charge in [0.1, 0.15) is 5.82 Å². The smallest absolute Gasteiger partial charge is 0.217 e. The van der Waals surface area contributed by atoms with Crippen molar-refractivity contribution < 1.29 is 9.53 Å². The molecular weight excluding hydrogens is 264 g/mol. The molecule has 2 N–H and O–H groups in total. The summed E-state index contributed by atoms with van der Waals surface area (Å²) in [5.74, 6) is 1.39. The summed E-state index contributed by atoms with van der Waals surface area (Å²) < 4.78 is 7.61. The number of amides is 1. The first-order valence-corrected chi connectivity index (χ1v) is 7.56. The minimum Gasteiger partial charge on any atom is -0.377 e. The fraction of sp³-hybridized carbons (Fsp3) is 0.750. The van der Waals surface area contributed by atoms with Crippen LogP contribution >= 0.6 is 11.8 Å². The largest absolute Gasteiger partial charge is 0.377 e. The van der Waals surface area contributed by atoms with E-state index in [1.807, 2.05) is 11.6 Å². The average Bonchev–Trinajstić information content (AvgIpc) is 2.76. The Morgan fingerprint density at radius 3 is 3.05 bits per heavy atom. The van der Waals surface area contributed by atoms with Crippen molar-refractivity contribution in [1.29, 1.82) is 0 Å². The standard InChI is InChI=1S/C12H20N4O2S/c1-16-11(6-5-10(13)17)14-15-12(16)19-8-9-4-2-3-7-18-9/h9H,2-8H2,1H3,(H2,13,17)/t9-/m0/s1. The summed E-state index contributed by atoms with van der Waals surface area (Å²) >= 11 is 1.66. The molecule has 106 valence electrons. The summed E-state index contributed by atoms with van der Waals surface area (Å²) in [6.45, 7) is 0.869. The van der Waals surface area contributed by atoms with Crippen molar-refractivity contribution in [3.8, 4) is 0 Å². The highest BCUT2D eigenvalue weighted by Gasteiger charge is 2.16. The molecular formula is C12H20N4O2S. The first kappa shape index (κ1) is 14.3. The number of hydrogen-bond acceptors (Lipinski definition) is 5. The van der Waals surface area contributed by atoms with Gasteiger partial charge in [0.05, 0.1) is 6.10 Å². The van der Waals surface area contributed by atoms with Gasteiger partial charge in [-0.2, -0.15) is 0 Å². The molecule has 1 aromatic rings. The molecule has 0 bridgehead atoms. The third-order valence-corrected chi connectivity index (χ3v) is 4.34. The Hall–Kier alpha value is -1.08. The highest BCUT2D eigenvalue weighted by molar-refractivity contribution is 7.99. The van der Waals surface area contributed by atoms with Gasteiger partial charge >= 0.3 is 0 Å². The van der Waals surface area contributed by atoms with Gasteiger partial charge in [0.15, 0.2) is 5.16 Å². The zero-order valence-electron chi connectivity index (χ0n) is 11.2. The Morgan fingerprint density at radius 1 is 1.53 bits per heavy atom. The lowest BCUT2D eigenvalue weighted by Crippen LogP contribution is -2.21. The van der Waals surface area contributed by atoms with Gasteiger partial charge in [0.25, 0.3) is 0 Å². The summed E-state index contributed by atoms with van der Waals surface area (Å²) in [6.07, 6.45) is 4.71. The van der Waals surface area contributed by atoms with Crippen molar-refractivity contribution in [3.05, 3.63) is 5.82 Å². The molecule has 1 amide bonds. The van der Waals surface area contributed by atoms with Crippen LogP contribution in [-0.2, 0) is 23.0 Å². The van der Waals surface area contributed by atoms with Gasteiger partial charge in [-0.1, -0.05) is 11.8 Å². The fourth-order valence-electron chi connectivity index (χ4n) is 2.03. The normalized spacial score (nSPS) is 19.5. The zero-order valence-corrected chi connectivity index (χ0v) is 12.0. The van der Waals surface area contributed by atoms with Crippen LogP contribution in [0.2, 0.25) is 0 Å². The van der Waals surface area contributed by atoms with E-state index in [0.717, 1.165) is 29.8 Å². The summed E-state index contributed by atoms with van der Waals surface area (Å²) in [6, 6.07) is 0. The number of aryl methyl sites for hydroxylation is 1. The van der Waals surface area contributed by atoms with Crippen molar-refractivity contribution >= 4 is 17.7 Å².